The Hall–Kier alpha value is -0.930. The molecule has 0 aromatic heterocycles. The molecule has 4 unspecified atom stereocenters. The summed E-state index contributed by atoms with van der Waals surface area (Å²) in [4.78, 5) is 1.19. The van der Waals surface area contributed by atoms with E-state index in [2.05, 4.69) is 49.5 Å². The molecule has 4 rings (SSSR count). The molecule has 31 heavy (non-hydrogen) atoms. The topological polar surface area (TPSA) is 38.0 Å². The predicted molar refractivity (Wildman–Crippen MR) is 136 cm³/mol. The van der Waals surface area contributed by atoms with Crippen molar-refractivity contribution in [3.8, 4) is 0 Å². The molecular formula is C28H44N2S. The van der Waals surface area contributed by atoms with Crippen molar-refractivity contribution in [2.75, 3.05) is 6.54 Å². The highest BCUT2D eigenvalue weighted by Gasteiger charge is 2.54. The van der Waals surface area contributed by atoms with Crippen molar-refractivity contribution in [3.05, 3.63) is 35.9 Å². The molecule has 1 aromatic rings. The normalized spacial score (nSPS) is 37.9. The van der Waals surface area contributed by atoms with Crippen LogP contribution in [-0.4, -0.2) is 17.6 Å². The highest BCUT2D eigenvalue weighted by Crippen LogP contribution is 2.60. The molecule has 3 fully saturated rings. The lowest BCUT2D eigenvalue weighted by atomic mass is 9.48. The Morgan fingerprint density at radius 1 is 1.06 bits per heavy atom. The Bertz CT molecular complexity index is 726. The number of hydrogen-bond acceptors (Lipinski definition) is 2. The fourth-order valence-corrected chi connectivity index (χ4v) is 7.95. The smallest absolute Gasteiger partial charge is 0.0818 e. The lowest BCUT2D eigenvalue weighted by Gasteiger charge is -2.57. The van der Waals surface area contributed by atoms with Gasteiger partial charge in [0, 0.05) is 11.5 Å². The Labute approximate surface area is 196 Å². The number of thiocarbonyl (C=S) groups is 1. The summed E-state index contributed by atoms with van der Waals surface area (Å²) in [6, 6.07) is 12.0. The molecule has 172 valence electrons. The molecule has 3 heteroatoms. The molecule has 3 aliphatic rings. The van der Waals surface area contributed by atoms with Gasteiger partial charge in [-0.05, 0) is 99.5 Å². The van der Waals surface area contributed by atoms with Gasteiger partial charge in [0.05, 0.1) is 4.99 Å². The van der Waals surface area contributed by atoms with E-state index in [9.17, 15) is 0 Å². The van der Waals surface area contributed by atoms with Gasteiger partial charge >= 0.3 is 0 Å². The fraction of sp³-hybridized carbons (Fsp3) is 0.750. The fourth-order valence-electron chi connectivity index (χ4n) is 7.48. The molecule has 2 bridgehead atoms. The van der Waals surface area contributed by atoms with E-state index in [-0.39, 0.29) is 5.41 Å². The Morgan fingerprint density at radius 3 is 2.45 bits per heavy atom. The van der Waals surface area contributed by atoms with Crippen LogP contribution < -0.4 is 11.1 Å². The highest BCUT2D eigenvalue weighted by atomic mass is 32.1. The van der Waals surface area contributed by atoms with E-state index in [1.54, 1.807) is 5.56 Å². The molecule has 3 saturated carbocycles. The van der Waals surface area contributed by atoms with Gasteiger partial charge in [0.2, 0.25) is 0 Å². The van der Waals surface area contributed by atoms with Gasteiger partial charge in [-0.15, -0.1) is 0 Å². The van der Waals surface area contributed by atoms with E-state index < -0.39 is 0 Å². The van der Waals surface area contributed by atoms with Crippen LogP contribution in [0.3, 0.4) is 0 Å². The standard InChI is InChI=1S/C28H44N2S/c1-3-8-22-15-16-28(24-9-6-5-7-10-24)18-23(22)17-27(4-2,20-28)26(31)30-25-13-11-21(19-29)12-14-25/h5-7,9-10,21-23,25H,3-4,8,11-20,29H2,1-2H3,(H,30,31). The quantitative estimate of drug-likeness (QED) is 0.460. The van der Waals surface area contributed by atoms with Crippen LogP contribution >= 0.6 is 12.2 Å². The van der Waals surface area contributed by atoms with E-state index >= 15 is 0 Å². The maximum absolute atomic E-state index is 6.27. The van der Waals surface area contributed by atoms with Gasteiger partial charge in [-0.2, -0.15) is 0 Å². The molecule has 1 aromatic carbocycles. The third-order valence-corrected chi connectivity index (χ3v) is 9.91. The van der Waals surface area contributed by atoms with Crippen molar-refractivity contribution in [1.29, 1.82) is 0 Å². The van der Waals surface area contributed by atoms with Crippen LogP contribution in [0.4, 0.5) is 0 Å². The van der Waals surface area contributed by atoms with Gasteiger partial charge in [0.25, 0.3) is 0 Å². The Balaban J connectivity index is 1.58. The van der Waals surface area contributed by atoms with Crippen LogP contribution in [0.1, 0.15) is 96.5 Å². The van der Waals surface area contributed by atoms with Gasteiger partial charge in [-0.1, -0.05) is 69.2 Å². The summed E-state index contributed by atoms with van der Waals surface area (Å²) in [5.74, 6) is 2.42. The summed E-state index contributed by atoms with van der Waals surface area (Å²) in [7, 11) is 0. The monoisotopic (exact) mass is 440 g/mol. The second kappa shape index (κ2) is 9.91. The SMILES string of the molecule is CCCC1CCC2(c3ccccc3)CC1CC(CC)(C(=S)NC1CCC(CN)CC1)C2. The molecule has 0 radical (unpaired) electrons. The summed E-state index contributed by atoms with van der Waals surface area (Å²) >= 11 is 6.27. The first-order chi connectivity index (χ1) is 15.0. The van der Waals surface area contributed by atoms with E-state index in [1.807, 2.05) is 0 Å². The lowest BCUT2D eigenvalue weighted by molar-refractivity contribution is 0.0250. The first kappa shape index (κ1) is 23.2. The molecule has 0 amide bonds. The van der Waals surface area contributed by atoms with Gasteiger partial charge < -0.3 is 11.1 Å². The molecule has 2 nitrogen and oxygen atoms in total. The molecular weight excluding hydrogens is 396 g/mol. The van der Waals surface area contributed by atoms with E-state index in [0.29, 0.717) is 11.5 Å². The van der Waals surface area contributed by atoms with Crippen molar-refractivity contribution in [2.45, 2.75) is 102 Å². The van der Waals surface area contributed by atoms with Gasteiger partial charge in [0.1, 0.15) is 0 Å². The number of benzene rings is 1. The van der Waals surface area contributed by atoms with Crippen molar-refractivity contribution >= 4 is 17.2 Å². The first-order valence-corrected chi connectivity index (χ1v) is 13.5. The third-order valence-electron chi connectivity index (χ3n) is 9.36. The number of nitrogens with one attached hydrogen (secondary N) is 1. The average molecular weight is 441 g/mol. The maximum atomic E-state index is 6.27. The number of fused-ring (bicyclic) bond motifs is 2. The number of rotatable bonds is 7. The Kier molecular flexibility index (Phi) is 7.43. The molecule has 0 saturated heterocycles. The molecule has 0 spiro atoms. The van der Waals surface area contributed by atoms with Gasteiger partial charge in [-0.3, -0.25) is 0 Å². The maximum Gasteiger partial charge on any atom is 0.0818 e. The van der Waals surface area contributed by atoms with Crippen LogP contribution in [0.2, 0.25) is 0 Å². The first-order valence-electron chi connectivity index (χ1n) is 13.1. The second-order valence-electron chi connectivity index (χ2n) is 11.1. The minimum Gasteiger partial charge on any atom is -0.376 e. The van der Waals surface area contributed by atoms with Crippen molar-refractivity contribution < 1.29 is 0 Å². The summed E-state index contributed by atoms with van der Waals surface area (Å²) in [5, 5.41) is 3.92. The van der Waals surface area contributed by atoms with E-state index in [0.717, 1.165) is 24.3 Å². The van der Waals surface area contributed by atoms with Crippen molar-refractivity contribution in [2.24, 2.45) is 28.9 Å². The van der Waals surface area contributed by atoms with Crippen LogP contribution in [-0.2, 0) is 5.41 Å². The predicted octanol–water partition coefficient (Wildman–Crippen LogP) is 6.77. The van der Waals surface area contributed by atoms with E-state index in [4.69, 9.17) is 18.0 Å². The molecule has 4 atom stereocenters. The zero-order chi connectivity index (χ0) is 21.9. The highest BCUT2D eigenvalue weighted by molar-refractivity contribution is 7.80. The number of hydrogen-bond donors (Lipinski definition) is 2. The molecule has 3 N–H and O–H groups in total. The largest absolute Gasteiger partial charge is 0.376 e. The van der Waals surface area contributed by atoms with Crippen LogP contribution in [0.25, 0.3) is 0 Å². The summed E-state index contributed by atoms with van der Waals surface area (Å²) in [6.07, 6.45) is 15.5. The molecule has 3 aliphatic carbocycles. The molecule has 0 aliphatic heterocycles. The zero-order valence-corrected chi connectivity index (χ0v) is 20.7. The lowest BCUT2D eigenvalue weighted by Crippen LogP contribution is -2.55. The van der Waals surface area contributed by atoms with Crippen LogP contribution in [0.15, 0.2) is 30.3 Å². The van der Waals surface area contributed by atoms with Crippen molar-refractivity contribution in [3.63, 3.8) is 0 Å². The summed E-state index contributed by atoms with van der Waals surface area (Å²) in [5.41, 5.74) is 7.96. The minimum absolute atomic E-state index is 0.158. The zero-order valence-electron chi connectivity index (χ0n) is 19.9. The van der Waals surface area contributed by atoms with Crippen LogP contribution in [0, 0.1) is 23.2 Å². The van der Waals surface area contributed by atoms with Gasteiger partial charge in [-0.25, -0.2) is 0 Å². The third kappa shape index (κ3) is 4.74. The minimum atomic E-state index is 0.158. The number of nitrogens with two attached hydrogens (primary N) is 1. The summed E-state index contributed by atoms with van der Waals surface area (Å²) in [6.45, 7) is 5.60. The van der Waals surface area contributed by atoms with Crippen LogP contribution in [0.5, 0.6) is 0 Å². The summed E-state index contributed by atoms with van der Waals surface area (Å²) < 4.78 is 0. The van der Waals surface area contributed by atoms with Crippen molar-refractivity contribution in [1.82, 2.24) is 5.32 Å². The average Bonchev–Trinajstić information content (AvgIpc) is 2.82. The van der Waals surface area contributed by atoms with Gasteiger partial charge in [0.15, 0.2) is 0 Å². The second-order valence-corrected chi connectivity index (χ2v) is 11.5. The van der Waals surface area contributed by atoms with E-state index in [1.165, 1.54) is 82.0 Å². The Morgan fingerprint density at radius 2 is 1.81 bits per heavy atom. The molecule has 0 heterocycles.